The maximum atomic E-state index is 12.0. The molecule has 1 aromatic rings. The normalized spacial score (nSPS) is 23.6. The van der Waals surface area contributed by atoms with Crippen LogP contribution in [0.5, 0.6) is 0 Å². The second-order valence-corrected chi connectivity index (χ2v) is 6.11. The summed E-state index contributed by atoms with van der Waals surface area (Å²) in [6.07, 6.45) is 2.41. The van der Waals surface area contributed by atoms with Crippen LogP contribution in [0, 0.1) is 0 Å². The minimum absolute atomic E-state index is 0.0307. The number of nitrogens with one attached hydrogen (secondary N) is 1. The first kappa shape index (κ1) is 15.4. The van der Waals surface area contributed by atoms with E-state index in [4.69, 9.17) is 4.74 Å². The Morgan fingerprint density at radius 3 is 2.45 bits per heavy atom. The molecule has 0 aromatic heterocycles. The molecular weight excluding hydrogens is 272 g/mol. The van der Waals surface area contributed by atoms with Crippen molar-refractivity contribution in [2.75, 3.05) is 31.2 Å². The number of rotatable bonds is 4. The van der Waals surface area contributed by atoms with Gasteiger partial charge in [0.2, 0.25) is 5.91 Å². The zero-order valence-electron chi connectivity index (χ0n) is 12.3. The molecule has 1 aliphatic rings. The van der Waals surface area contributed by atoms with Crippen molar-refractivity contribution >= 4 is 23.4 Å². The van der Waals surface area contributed by atoms with E-state index in [0.29, 0.717) is 6.54 Å². The second kappa shape index (κ2) is 7.11. The molecule has 1 heterocycles. The van der Waals surface area contributed by atoms with Gasteiger partial charge in [-0.3, -0.25) is 9.69 Å². The maximum Gasteiger partial charge on any atom is 0.238 e. The van der Waals surface area contributed by atoms with Gasteiger partial charge in [0.05, 0.1) is 18.8 Å². The third-order valence-corrected chi connectivity index (χ3v) is 3.98. The Morgan fingerprint density at radius 2 is 1.90 bits per heavy atom. The fourth-order valence-corrected chi connectivity index (χ4v) is 2.90. The molecule has 0 radical (unpaired) electrons. The number of anilines is 1. The number of ether oxygens (including phenoxy) is 1. The molecule has 110 valence electrons. The summed E-state index contributed by atoms with van der Waals surface area (Å²) >= 11 is 1.69. The molecule has 0 spiro atoms. The van der Waals surface area contributed by atoms with Gasteiger partial charge < -0.3 is 10.1 Å². The Labute approximate surface area is 124 Å². The Kier molecular flexibility index (Phi) is 5.46. The summed E-state index contributed by atoms with van der Waals surface area (Å²) in [6, 6.07) is 7.90. The number of nitrogens with zero attached hydrogens (tertiary/aromatic N) is 1. The summed E-state index contributed by atoms with van der Waals surface area (Å²) in [5.74, 6) is 0.0307. The summed E-state index contributed by atoms with van der Waals surface area (Å²) in [5, 5.41) is 2.94. The van der Waals surface area contributed by atoms with E-state index in [1.807, 2.05) is 44.4 Å². The Hall–Kier alpha value is -1.04. The van der Waals surface area contributed by atoms with Crippen molar-refractivity contribution in [3.63, 3.8) is 0 Å². The predicted octanol–water partition coefficient (Wildman–Crippen LogP) is 2.46. The number of hydrogen-bond donors (Lipinski definition) is 1. The van der Waals surface area contributed by atoms with Gasteiger partial charge in [-0.2, -0.15) is 0 Å². The van der Waals surface area contributed by atoms with E-state index in [-0.39, 0.29) is 18.1 Å². The predicted molar refractivity (Wildman–Crippen MR) is 83.3 cm³/mol. The largest absolute Gasteiger partial charge is 0.373 e. The number of hydrogen-bond acceptors (Lipinski definition) is 4. The van der Waals surface area contributed by atoms with E-state index in [9.17, 15) is 4.79 Å². The van der Waals surface area contributed by atoms with E-state index < -0.39 is 0 Å². The lowest BCUT2D eigenvalue weighted by Gasteiger charge is -2.34. The highest BCUT2D eigenvalue weighted by molar-refractivity contribution is 7.98. The Bertz CT molecular complexity index is 440. The van der Waals surface area contributed by atoms with Crippen molar-refractivity contribution in [2.45, 2.75) is 31.0 Å². The molecule has 1 amide bonds. The zero-order chi connectivity index (χ0) is 14.5. The number of benzene rings is 1. The first-order valence-corrected chi connectivity index (χ1v) is 8.11. The van der Waals surface area contributed by atoms with Gasteiger partial charge in [0, 0.05) is 23.7 Å². The maximum absolute atomic E-state index is 12.0. The van der Waals surface area contributed by atoms with Crippen LogP contribution in [-0.4, -0.2) is 48.9 Å². The monoisotopic (exact) mass is 294 g/mol. The minimum atomic E-state index is 0.0307. The molecule has 0 aliphatic carbocycles. The standard InChI is InChI=1S/C15H22N2O2S/c1-11-8-17(9-12(2)19-11)10-15(18)16-13-4-6-14(20-3)7-5-13/h4-7,11-12H,8-10H2,1-3H3,(H,16,18)/t11-,12-/m0/s1. The third kappa shape index (κ3) is 4.51. The first-order chi connectivity index (χ1) is 9.56. The van der Waals surface area contributed by atoms with Gasteiger partial charge in [-0.1, -0.05) is 0 Å². The van der Waals surface area contributed by atoms with Gasteiger partial charge in [-0.25, -0.2) is 0 Å². The smallest absolute Gasteiger partial charge is 0.238 e. The molecule has 2 atom stereocenters. The molecule has 0 saturated carbocycles. The van der Waals surface area contributed by atoms with Gasteiger partial charge in [-0.05, 0) is 44.4 Å². The van der Waals surface area contributed by atoms with Crippen LogP contribution in [0.2, 0.25) is 0 Å². The number of carbonyl (C=O) groups is 1. The van der Waals surface area contributed by atoms with Crippen molar-refractivity contribution in [3.8, 4) is 0 Å². The van der Waals surface area contributed by atoms with Crippen LogP contribution in [-0.2, 0) is 9.53 Å². The average molecular weight is 294 g/mol. The van der Waals surface area contributed by atoms with Gasteiger partial charge >= 0.3 is 0 Å². The van der Waals surface area contributed by atoms with Crippen LogP contribution in [0.25, 0.3) is 0 Å². The Balaban J connectivity index is 1.85. The van der Waals surface area contributed by atoms with E-state index in [1.165, 1.54) is 4.90 Å². The van der Waals surface area contributed by atoms with E-state index >= 15 is 0 Å². The van der Waals surface area contributed by atoms with E-state index in [2.05, 4.69) is 10.2 Å². The quantitative estimate of drug-likeness (QED) is 0.866. The molecule has 1 aliphatic heterocycles. The van der Waals surface area contributed by atoms with Crippen molar-refractivity contribution in [1.82, 2.24) is 4.90 Å². The van der Waals surface area contributed by atoms with Crippen molar-refractivity contribution < 1.29 is 9.53 Å². The molecule has 1 saturated heterocycles. The summed E-state index contributed by atoms with van der Waals surface area (Å²) < 4.78 is 5.67. The number of amides is 1. The molecule has 1 aromatic carbocycles. The highest BCUT2D eigenvalue weighted by Gasteiger charge is 2.23. The van der Waals surface area contributed by atoms with Gasteiger partial charge in [0.1, 0.15) is 0 Å². The summed E-state index contributed by atoms with van der Waals surface area (Å²) in [4.78, 5) is 15.4. The molecule has 1 N–H and O–H groups in total. The van der Waals surface area contributed by atoms with Crippen LogP contribution in [0.3, 0.4) is 0 Å². The highest BCUT2D eigenvalue weighted by Crippen LogP contribution is 2.17. The topological polar surface area (TPSA) is 41.6 Å². The summed E-state index contributed by atoms with van der Waals surface area (Å²) in [5.41, 5.74) is 0.849. The van der Waals surface area contributed by atoms with Crippen molar-refractivity contribution in [2.24, 2.45) is 0 Å². The Morgan fingerprint density at radius 1 is 1.30 bits per heavy atom. The zero-order valence-corrected chi connectivity index (χ0v) is 13.1. The van der Waals surface area contributed by atoms with Crippen molar-refractivity contribution in [3.05, 3.63) is 24.3 Å². The third-order valence-electron chi connectivity index (χ3n) is 3.24. The van der Waals surface area contributed by atoms with Crippen LogP contribution >= 0.6 is 11.8 Å². The number of carbonyl (C=O) groups excluding carboxylic acids is 1. The van der Waals surface area contributed by atoms with Gasteiger partial charge in [0.25, 0.3) is 0 Å². The lowest BCUT2D eigenvalue weighted by Crippen LogP contribution is -2.48. The van der Waals surface area contributed by atoms with Crippen LogP contribution in [0.1, 0.15) is 13.8 Å². The SMILES string of the molecule is CSc1ccc(NC(=O)CN2C[C@H](C)O[C@@H](C)C2)cc1. The molecule has 5 heteroatoms. The van der Waals surface area contributed by atoms with Crippen LogP contribution in [0.15, 0.2) is 29.2 Å². The van der Waals surface area contributed by atoms with Crippen molar-refractivity contribution in [1.29, 1.82) is 0 Å². The fourth-order valence-electron chi connectivity index (χ4n) is 2.49. The number of morpholine rings is 1. The van der Waals surface area contributed by atoms with E-state index in [1.54, 1.807) is 11.8 Å². The van der Waals surface area contributed by atoms with Crippen LogP contribution in [0.4, 0.5) is 5.69 Å². The molecule has 4 nitrogen and oxygen atoms in total. The van der Waals surface area contributed by atoms with Crippen LogP contribution < -0.4 is 5.32 Å². The van der Waals surface area contributed by atoms with Gasteiger partial charge in [-0.15, -0.1) is 11.8 Å². The lowest BCUT2D eigenvalue weighted by molar-refractivity contribution is -0.121. The molecule has 1 fully saturated rings. The molecule has 2 rings (SSSR count). The van der Waals surface area contributed by atoms with E-state index in [0.717, 1.165) is 18.8 Å². The lowest BCUT2D eigenvalue weighted by atomic mass is 10.2. The molecule has 0 unspecified atom stereocenters. The summed E-state index contributed by atoms with van der Waals surface area (Å²) in [6.45, 7) is 6.12. The molecule has 0 bridgehead atoms. The number of thioether (sulfide) groups is 1. The summed E-state index contributed by atoms with van der Waals surface area (Å²) in [7, 11) is 0. The molecular formula is C15H22N2O2S. The second-order valence-electron chi connectivity index (χ2n) is 5.23. The minimum Gasteiger partial charge on any atom is -0.373 e. The highest BCUT2D eigenvalue weighted by atomic mass is 32.2. The first-order valence-electron chi connectivity index (χ1n) is 6.88. The van der Waals surface area contributed by atoms with Gasteiger partial charge in [0.15, 0.2) is 0 Å². The average Bonchev–Trinajstić information content (AvgIpc) is 2.38. The molecule has 20 heavy (non-hydrogen) atoms. The fraction of sp³-hybridized carbons (Fsp3) is 0.533.